The zero-order chi connectivity index (χ0) is 26.7. The summed E-state index contributed by atoms with van der Waals surface area (Å²) in [5, 5.41) is 23.5. The van der Waals surface area contributed by atoms with Crippen LogP contribution in [0.5, 0.6) is 11.5 Å². The highest BCUT2D eigenvalue weighted by Crippen LogP contribution is 2.31. The number of H-pyrrole nitrogens is 1. The second kappa shape index (κ2) is 10.8. The quantitative estimate of drug-likeness (QED) is 0.236. The number of aryl methyl sites for hydroxylation is 2. The summed E-state index contributed by atoms with van der Waals surface area (Å²) in [4.78, 5) is 40.1. The molecule has 4 N–H and O–H groups in total. The molecule has 0 unspecified atom stereocenters. The van der Waals surface area contributed by atoms with Gasteiger partial charge in [0.1, 0.15) is 23.1 Å². The minimum atomic E-state index is -1.22. The number of aromatic nitrogens is 1. The lowest BCUT2D eigenvalue weighted by Crippen LogP contribution is -2.47. The third-order valence-electron chi connectivity index (χ3n) is 6.30. The number of rotatable bonds is 10. The van der Waals surface area contributed by atoms with Crippen LogP contribution >= 0.6 is 0 Å². The van der Waals surface area contributed by atoms with Gasteiger partial charge in [-0.3, -0.25) is 4.79 Å². The first-order chi connectivity index (χ1) is 17.7. The molecule has 2 aromatic carbocycles. The Kier molecular flexibility index (Phi) is 7.52. The van der Waals surface area contributed by atoms with Crippen LogP contribution in [0.4, 0.5) is 0 Å². The molecule has 9 heteroatoms. The zero-order valence-corrected chi connectivity index (χ0v) is 21.0. The van der Waals surface area contributed by atoms with Crippen LogP contribution in [-0.2, 0) is 22.4 Å². The second-order valence-electron chi connectivity index (χ2n) is 9.24. The van der Waals surface area contributed by atoms with Crippen LogP contribution in [0.2, 0.25) is 0 Å². The Morgan fingerprint density at radius 1 is 1.16 bits per heavy atom. The van der Waals surface area contributed by atoms with Crippen LogP contribution in [0.1, 0.15) is 43.4 Å². The van der Waals surface area contributed by atoms with Gasteiger partial charge in [-0.15, -0.1) is 0 Å². The fourth-order valence-corrected chi connectivity index (χ4v) is 4.42. The normalized spacial score (nSPS) is 12.9. The monoisotopic (exact) mass is 506 g/mol. The molecule has 0 aliphatic rings. The molecule has 194 valence electrons. The molecule has 37 heavy (non-hydrogen) atoms. The Bertz CT molecular complexity index is 1520. The molecular formula is C28H30N2O7. The van der Waals surface area contributed by atoms with Crippen molar-refractivity contribution < 1.29 is 29.0 Å². The first kappa shape index (κ1) is 25.8. The molecule has 0 spiro atoms. The van der Waals surface area contributed by atoms with Crippen molar-refractivity contribution >= 4 is 33.7 Å². The highest BCUT2D eigenvalue weighted by Gasteiger charge is 2.26. The van der Waals surface area contributed by atoms with Gasteiger partial charge in [0.15, 0.2) is 6.10 Å². The van der Waals surface area contributed by atoms with Gasteiger partial charge in [0, 0.05) is 29.6 Å². The summed E-state index contributed by atoms with van der Waals surface area (Å²) in [6.45, 7) is 5.42. The van der Waals surface area contributed by atoms with E-state index in [1.165, 1.54) is 19.1 Å². The molecule has 9 nitrogen and oxygen atoms in total. The molecule has 2 aromatic heterocycles. The number of carboxylic acids is 1. The number of amides is 1. The van der Waals surface area contributed by atoms with Crippen LogP contribution in [0.25, 0.3) is 21.9 Å². The predicted molar refractivity (Wildman–Crippen MR) is 139 cm³/mol. The van der Waals surface area contributed by atoms with E-state index in [1.807, 2.05) is 6.92 Å². The zero-order valence-electron chi connectivity index (χ0n) is 21.0. The third kappa shape index (κ3) is 5.77. The number of aromatic hydroxyl groups is 1. The maximum Gasteiger partial charge on any atom is 0.336 e. The third-order valence-corrected chi connectivity index (χ3v) is 6.30. The number of phenolic OH excluding ortho intramolecular Hbond substituents is 1. The van der Waals surface area contributed by atoms with Crippen molar-refractivity contribution in [3.63, 3.8) is 0 Å². The maximum atomic E-state index is 13.0. The van der Waals surface area contributed by atoms with E-state index in [-0.39, 0.29) is 12.2 Å². The summed E-state index contributed by atoms with van der Waals surface area (Å²) in [5.74, 6) is -1.34. The molecular weight excluding hydrogens is 476 g/mol. The topological polar surface area (TPSA) is 142 Å². The summed E-state index contributed by atoms with van der Waals surface area (Å²) in [7, 11) is 0. The van der Waals surface area contributed by atoms with Crippen molar-refractivity contribution in [2.24, 2.45) is 0 Å². The molecule has 0 fully saturated rings. The lowest BCUT2D eigenvalue weighted by Gasteiger charge is -2.20. The summed E-state index contributed by atoms with van der Waals surface area (Å²) in [6.07, 6.45) is 3.11. The molecule has 0 saturated carbocycles. The number of carbonyl (C=O) groups excluding carboxylic acids is 1. The van der Waals surface area contributed by atoms with E-state index in [9.17, 15) is 24.6 Å². The SMILES string of the molecule is CCCCc1cc(=O)oc2cc(C)cc(O[C@@H](C)C(=O)N[C@H](Cc3c[nH]c4ccc(O)cc34)C(=O)O)c12. The van der Waals surface area contributed by atoms with Crippen molar-refractivity contribution in [1.82, 2.24) is 10.3 Å². The molecule has 2 atom stereocenters. The largest absolute Gasteiger partial charge is 0.508 e. The van der Waals surface area contributed by atoms with Crippen LogP contribution in [0.3, 0.4) is 0 Å². The lowest BCUT2D eigenvalue weighted by molar-refractivity contribution is -0.142. The smallest absolute Gasteiger partial charge is 0.336 e. The van der Waals surface area contributed by atoms with E-state index in [4.69, 9.17) is 9.15 Å². The number of hydrogen-bond acceptors (Lipinski definition) is 6. The number of phenols is 1. The van der Waals surface area contributed by atoms with E-state index in [0.29, 0.717) is 34.1 Å². The summed E-state index contributed by atoms with van der Waals surface area (Å²) < 4.78 is 11.4. The molecule has 4 aromatic rings. The number of benzene rings is 2. The van der Waals surface area contributed by atoms with Gasteiger partial charge in [0.2, 0.25) is 0 Å². The van der Waals surface area contributed by atoms with Gasteiger partial charge < -0.3 is 29.7 Å². The van der Waals surface area contributed by atoms with Crippen LogP contribution < -0.4 is 15.7 Å². The van der Waals surface area contributed by atoms with E-state index >= 15 is 0 Å². The number of hydrogen-bond donors (Lipinski definition) is 4. The summed E-state index contributed by atoms with van der Waals surface area (Å²) >= 11 is 0. The Labute approximate surface area is 213 Å². The number of carboxylic acid groups (broad SMARTS) is 1. The first-order valence-corrected chi connectivity index (χ1v) is 12.2. The number of aromatic amines is 1. The van der Waals surface area contributed by atoms with Crippen LogP contribution in [-0.4, -0.2) is 39.2 Å². The predicted octanol–water partition coefficient (Wildman–Crippen LogP) is 4.21. The minimum Gasteiger partial charge on any atom is -0.508 e. The number of carbonyl (C=O) groups is 2. The number of unbranched alkanes of at least 4 members (excludes halogenated alkanes) is 1. The number of nitrogens with one attached hydrogen (secondary N) is 2. The minimum absolute atomic E-state index is 0.0109. The van der Waals surface area contributed by atoms with Crippen LogP contribution in [0.15, 0.2) is 51.8 Å². The molecule has 0 aliphatic carbocycles. The van der Waals surface area contributed by atoms with Gasteiger partial charge in [-0.2, -0.15) is 0 Å². The number of aliphatic carboxylic acids is 1. The molecule has 4 rings (SSSR count). The van der Waals surface area contributed by atoms with E-state index in [0.717, 1.165) is 29.5 Å². The van der Waals surface area contributed by atoms with Gasteiger partial charge in [-0.1, -0.05) is 13.3 Å². The maximum absolute atomic E-state index is 13.0. The summed E-state index contributed by atoms with van der Waals surface area (Å²) in [5.41, 5.74) is 2.89. The molecule has 0 aliphatic heterocycles. The summed E-state index contributed by atoms with van der Waals surface area (Å²) in [6, 6.07) is 8.54. The van der Waals surface area contributed by atoms with Crippen LogP contribution in [0, 0.1) is 6.92 Å². The molecule has 0 saturated heterocycles. The average molecular weight is 507 g/mol. The fourth-order valence-electron chi connectivity index (χ4n) is 4.42. The van der Waals surface area contributed by atoms with Crippen molar-refractivity contribution in [2.75, 3.05) is 0 Å². The van der Waals surface area contributed by atoms with Crippen molar-refractivity contribution in [2.45, 2.75) is 58.6 Å². The van der Waals surface area contributed by atoms with Crippen molar-refractivity contribution in [1.29, 1.82) is 0 Å². The van der Waals surface area contributed by atoms with Gasteiger partial charge in [-0.25, -0.2) is 9.59 Å². The Morgan fingerprint density at radius 2 is 1.95 bits per heavy atom. The number of fused-ring (bicyclic) bond motifs is 2. The van der Waals surface area contributed by atoms with E-state index in [2.05, 4.69) is 17.2 Å². The first-order valence-electron chi connectivity index (χ1n) is 12.2. The molecule has 1 amide bonds. The average Bonchev–Trinajstić information content (AvgIpc) is 3.22. The van der Waals surface area contributed by atoms with E-state index < -0.39 is 29.6 Å². The molecule has 2 heterocycles. The van der Waals surface area contributed by atoms with Crippen molar-refractivity contribution in [3.8, 4) is 11.5 Å². The highest BCUT2D eigenvalue weighted by atomic mass is 16.5. The van der Waals surface area contributed by atoms with Gasteiger partial charge in [0.25, 0.3) is 5.91 Å². The standard InChI is InChI=1S/C28H30N2O7/c1-4-5-6-17-12-25(32)37-24-10-15(2)9-23(26(17)24)36-16(3)27(33)30-22(28(34)35)11-18-14-29-21-8-7-19(31)13-20(18)21/h7-10,12-14,16,22,29,31H,4-6,11H2,1-3H3,(H,30,33)(H,34,35)/t16-,22+/m0/s1. The van der Waals surface area contributed by atoms with E-state index in [1.54, 1.807) is 30.5 Å². The Hall–Kier alpha value is -4.27. The Morgan fingerprint density at radius 3 is 2.68 bits per heavy atom. The highest BCUT2D eigenvalue weighted by molar-refractivity contribution is 5.90. The fraction of sp³-hybridized carbons (Fsp3) is 0.321. The Balaban J connectivity index is 1.56. The van der Waals surface area contributed by atoms with Crippen molar-refractivity contribution in [3.05, 3.63) is 69.7 Å². The molecule has 0 radical (unpaired) electrons. The second-order valence-corrected chi connectivity index (χ2v) is 9.24. The van der Waals surface area contributed by atoms with Gasteiger partial charge in [-0.05, 0) is 73.7 Å². The van der Waals surface area contributed by atoms with Gasteiger partial charge in [0.05, 0.1) is 5.39 Å². The number of ether oxygens (including phenoxy) is 1. The van der Waals surface area contributed by atoms with Gasteiger partial charge >= 0.3 is 11.6 Å². The lowest BCUT2D eigenvalue weighted by atomic mass is 10.0. The molecule has 0 bridgehead atoms.